The van der Waals surface area contributed by atoms with Gasteiger partial charge in [-0.25, -0.2) is 15.3 Å². The molecule has 1 aromatic rings. The van der Waals surface area contributed by atoms with E-state index < -0.39 is 47.7 Å². The van der Waals surface area contributed by atoms with Crippen molar-refractivity contribution in [3.8, 4) is 0 Å². The van der Waals surface area contributed by atoms with E-state index in [2.05, 4.69) is 20.3 Å². The van der Waals surface area contributed by atoms with E-state index >= 15 is 0 Å². The molecule has 3 rings (SSSR count). The number of rotatable bonds is 10. The number of nitrogens with zero attached hydrogens (tertiary/aromatic N) is 3. The highest BCUT2D eigenvalue weighted by molar-refractivity contribution is 8.00. The summed E-state index contributed by atoms with van der Waals surface area (Å²) in [6, 6.07) is -1.07. The van der Waals surface area contributed by atoms with Crippen molar-refractivity contribution in [1.29, 1.82) is 0 Å². The molecule has 2 aliphatic heterocycles. The molecule has 188 valence electrons. The fourth-order valence-corrected chi connectivity index (χ4v) is 4.97. The molecular weight excluding hydrogens is 508 g/mol. The van der Waals surface area contributed by atoms with Crippen molar-refractivity contribution in [3.63, 3.8) is 0 Å². The third-order valence-electron chi connectivity index (χ3n) is 4.53. The number of oxime groups is 1. The molecular formula is C18H20N6O9S2. The first-order chi connectivity index (χ1) is 16.6. The minimum absolute atomic E-state index is 0.0480. The molecule has 0 aliphatic carbocycles. The van der Waals surface area contributed by atoms with E-state index in [1.165, 1.54) is 31.2 Å². The molecule has 15 nitrogen and oxygen atoms in total. The monoisotopic (exact) mass is 528 g/mol. The second-order valence-corrected chi connectivity index (χ2v) is 8.91. The van der Waals surface area contributed by atoms with Crippen molar-refractivity contribution in [3.05, 3.63) is 22.3 Å². The van der Waals surface area contributed by atoms with Gasteiger partial charge in [0.2, 0.25) is 0 Å². The third-order valence-corrected chi connectivity index (χ3v) is 6.55. The molecule has 2 atom stereocenters. The second-order valence-electron chi connectivity index (χ2n) is 6.91. The van der Waals surface area contributed by atoms with E-state index in [0.717, 1.165) is 16.2 Å². The van der Waals surface area contributed by atoms with Gasteiger partial charge in [0.1, 0.15) is 29.4 Å². The number of carboxylic acids is 1. The first kappa shape index (κ1) is 25.9. The van der Waals surface area contributed by atoms with E-state index in [1.807, 2.05) is 5.48 Å². The largest absolute Gasteiger partial charge is 0.477 e. The molecule has 1 aromatic heterocycles. The molecule has 1 saturated heterocycles. The predicted molar refractivity (Wildman–Crippen MR) is 120 cm³/mol. The molecule has 3 heterocycles. The SMILES string of the molecule is CONC(=O)CO/N=C(\C(=O)N[C@H]1C(=O)N2C(C(=O)O)=C(COC(C)=O)CS[C@H]12)c1csc(N)n1. The topological polar surface area (TPSA) is 212 Å². The number of hydrogen-bond acceptors (Lipinski definition) is 13. The lowest BCUT2D eigenvalue weighted by atomic mass is 10.0. The molecule has 17 heteroatoms. The van der Waals surface area contributed by atoms with Gasteiger partial charge in [-0.1, -0.05) is 5.16 Å². The Bertz CT molecular complexity index is 1120. The highest BCUT2D eigenvalue weighted by atomic mass is 32.2. The first-order valence-electron chi connectivity index (χ1n) is 9.71. The Labute approximate surface area is 205 Å². The Balaban J connectivity index is 1.75. The number of aromatic nitrogens is 1. The van der Waals surface area contributed by atoms with Crippen LogP contribution in [0.2, 0.25) is 0 Å². The van der Waals surface area contributed by atoms with E-state index in [0.29, 0.717) is 0 Å². The summed E-state index contributed by atoms with van der Waals surface area (Å²) in [6.45, 7) is 0.340. The van der Waals surface area contributed by atoms with Crippen molar-refractivity contribution in [2.45, 2.75) is 18.3 Å². The molecule has 0 radical (unpaired) electrons. The third kappa shape index (κ3) is 5.87. The van der Waals surface area contributed by atoms with Crippen LogP contribution >= 0.6 is 23.1 Å². The van der Waals surface area contributed by atoms with Gasteiger partial charge in [-0.2, -0.15) is 0 Å². The summed E-state index contributed by atoms with van der Waals surface area (Å²) < 4.78 is 4.88. The number of hydrogen-bond donors (Lipinski definition) is 4. The molecule has 0 unspecified atom stereocenters. The number of β-lactam (4-membered cyclic amide) rings is 1. The predicted octanol–water partition coefficient (Wildman–Crippen LogP) is -1.57. The Morgan fingerprint density at radius 2 is 2.11 bits per heavy atom. The normalized spacial score (nSPS) is 19.4. The van der Waals surface area contributed by atoms with Crippen molar-refractivity contribution < 1.29 is 43.5 Å². The number of carboxylic acid groups (broad SMARTS) is 1. The fourth-order valence-electron chi connectivity index (χ4n) is 3.09. The van der Waals surface area contributed by atoms with Crippen LogP contribution in [-0.4, -0.2) is 87.9 Å². The van der Waals surface area contributed by atoms with E-state index in [1.54, 1.807) is 0 Å². The Morgan fingerprint density at radius 1 is 1.37 bits per heavy atom. The van der Waals surface area contributed by atoms with Gasteiger partial charge < -0.3 is 25.7 Å². The summed E-state index contributed by atoms with van der Waals surface area (Å²) in [7, 11) is 1.23. The minimum atomic E-state index is -1.36. The average Bonchev–Trinajstić information content (AvgIpc) is 3.23. The van der Waals surface area contributed by atoms with Crippen molar-refractivity contribution in [2.24, 2.45) is 5.16 Å². The quantitative estimate of drug-likeness (QED) is 0.117. The lowest BCUT2D eigenvalue weighted by Gasteiger charge is -2.49. The number of fused-ring (bicyclic) bond motifs is 1. The van der Waals surface area contributed by atoms with Crippen LogP contribution in [0.5, 0.6) is 0 Å². The van der Waals surface area contributed by atoms with Crippen molar-refractivity contribution in [1.82, 2.24) is 20.7 Å². The van der Waals surface area contributed by atoms with Crippen LogP contribution in [0, 0.1) is 0 Å². The molecule has 0 saturated carbocycles. The molecule has 1 fully saturated rings. The second kappa shape index (κ2) is 11.2. The molecule has 2 aliphatic rings. The average molecular weight is 529 g/mol. The lowest BCUT2D eigenvalue weighted by molar-refractivity contribution is -0.150. The number of hydroxylamine groups is 1. The van der Waals surface area contributed by atoms with Crippen molar-refractivity contribution >= 4 is 63.6 Å². The molecule has 35 heavy (non-hydrogen) atoms. The number of amides is 3. The maximum atomic E-state index is 12.9. The summed E-state index contributed by atoms with van der Waals surface area (Å²) in [5.41, 5.74) is 7.30. The molecule has 3 amide bonds. The molecule has 0 spiro atoms. The van der Waals surface area contributed by atoms with Crippen LogP contribution in [0.3, 0.4) is 0 Å². The zero-order valence-corrected chi connectivity index (χ0v) is 19.9. The zero-order chi connectivity index (χ0) is 25.7. The number of aliphatic carboxylic acids is 1. The van der Waals surface area contributed by atoms with Crippen LogP contribution in [-0.2, 0) is 38.4 Å². The number of carbonyl (C=O) groups excluding carboxylic acids is 4. The Kier molecular flexibility index (Phi) is 8.26. The van der Waals surface area contributed by atoms with E-state index in [9.17, 15) is 29.1 Å². The Hall–Kier alpha value is -3.70. The van der Waals surface area contributed by atoms with Gasteiger partial charge in [0.25, 0.3) is 17.7 Å². The number of anilines is 1. The minimum Gasteiger partial charge on any atom is -0.477 e. The number of nitrogens with two attached hydrogens (primary N) is 1. The molecule has 0 bridgehead atoms. The van der Waals surface area contributed by atoms with Gasteiger partial charge in [-0.15, -0.1) is 23.1 Å². The van der Waals surface area contributed by atoms with Gasteiger partial charge in [-0.05, 0) is 0 Å². The number of thiazole rings is 1. The van der Waals surface area contributed by atoms with Crippen LogP contribution in [0.15, 0.2) is 21.8 Å². The number of ether oxygens (including phenoxy) is 1. The van der Waals surface area contributed by atoms with Gasteiger partial charge in [0, 0.05) is 23.6 Å². The lowest BCUT2D eigenvalue weighted by Crippen LogP contribution is -2.71. The number of nitrogen functional groups attached to an aromatic ring is 1. The smallest absolute Gasteiger partial charge is 0.352 e. The standard InChI is InChI=1S/C18H20N6O9S2/c1-7(25)32-3-8-5-34-16-12(15(28)24(16)13(8)17(29)30)21-14(27)11(9-6-35-18(19)20-9)23-33-4-10(26)22-31-2/h6,12,16H,3-5H2,1-2H3,(H2,19,20)(H,21,27)(H,22,26)(H,29,30)/b23-11-/t12-,16+/m0/s1. The number of thioether (sulfide) groups is 1. The van der Waals surface area contributed by atoms with Gasteiger partial charge in [0.15, 0.2) is 17.5 Å². The Morgan fingerprint density at radius 3 is 2.71 bits per heavy atom. The van der Waals surface area contributed by atoms with E-state index in [4.69, 9.17) is 15.3 Å². The zero-order valence-electron chi connectivity index (χ0n) is 18.3. The maximum absolute atomic E-state index is 12.9. The summed E-state index contributed by atoms with van der Waals surface area (Å²) in [5.74, 6) is -3.99. The van der Waals surface area contributed by atoms with Crippen LogP contribution in [0.4, 0.5) is 5.13 Å². The summed E-state index contributed by atoms with van der Waals surface area (Å²) in [5, 5.41) is 16.6. The highest BCUT2D eigenvalue weighted by Crippen LogP contribution is 2.40. The van der Waals surface area contributed by atoms with Crippen LogP contribution in [0.1, 0.15) is 12.6 Å². The van der Waals surface area contributed by atoms with Crippen LogP contribution in [0.25, 0.3) is 0 Å². The highest BCUT2D eigenvalue weighted by Gasteiger charge is 2.54. The van der Waals surface area contributed by atoms with Gasteiger partial charge >= 0.3 is 11.9 Å². The van der Waals surface area contributed by atoms with Crippen LogP contribution < -0.4 is 16.5 Å². The summed E-state index contributed by atoms with van der Waals surface area (Å²) >= 11 is 2.22. The maximum Gasteiger partial charge on any atom is 0.352 e. The summed E-state index contributed by atoms with van der Waals surface area (Å²) in [4.78, 5) is 74.5. The number of carbonyl (C=O) groups is 5. The molecule has 0 aromatic carbocycles. The summed E-state index contributed by atoms with van der Waals surface area (Å²) in [6.07, 6.45) is 0. The van der Waals surface area contributed by atoms with Crippen molar-refractivity contribution in [2.75, 3.05) is 31.8 Å². The van der Waals surface area contributed by atoms with Gasteiger partial charge in [0.05, 0.1) is 7.11 Å². The first-order valence-corrected chi connectivity index (χ1v) is 11.6. The fraction of sp³-hybridized carbons (Fsp3) is 0.389. The molecule has 5 N–H and O–H groups in total. The number of esters is 1. The van der Waals surface area contributed by atoms with Gasteiger partial charge in [-0.3, -0.25) is 28.9 Å². The van der Waals surface area contributed by atoms with E-state index in [-0.39, 0.29) is 40.2 Å². The number of nitrogens with one attached hydrogen (secondary N) is 2.